The number of aromatic carboxylic acids is 2. The average molecular weight is 232 g/mol. The first-order chi connectivity index (χ1) is 7.04. The Morgan fingerprint density at radius 1 is 1.12 bits per heavy atom. The average Bonchev–Trinajstić information content (AvgIpc) is 2.19. The summed E-state index contributed by atoms with van der Waals surface area (Å²) in [5, 5.41) is 17.1. The van der Waals surface area contributed by atoms with E-state index in [1.165, 1.54) is 24.3 Å². The molecular weight excluding hydrogens is 219 g/mol. The summed E-state index contributed by atoms with van der Waals surface area (Å²) < 4.78 is 0. The molecule has 2 N–H and O–H groups in total. The molecule has 1 aromatic rings. The molecule has 1 aromatic carbocycles. The molecule has 0 fully saturated rings. The first-order valence-electron chi connectivity index (χ1n) is 4.39. The van der Waals surface area contributed by atoms with Gasteiger partial charge >= 0.3 is 41.5 Å². The van der Waals surface area contributed by atoms with E-state index >= 15 is 0 Å². The van der Waals surface area contributed by atoms with Gasteiger partial charge in [-0.25, -0.2) is 9.59 Å². The fourth-order valence-electron chi connectivity index (χ4n) is 0.856. The van der Waals surface area contributed by atoms with Crippen LogP contribution in [0.15, 0.2) is 24.3 Å². The van der Waals surface area contributed by atoms with Crippen LogP contribution in [0, 0.1) is 6.92 Å². The molecule has 0 amide bonds. The van der Waals surface area contributed by atoms with E-state index in [-0.39, 0.29) is 40.7 Å². The van der Waals surface area contributed by atoms with Gasteiger partial charge < -0.3 is 17.1 Å². The third kappa shape index (κ3) is 5.90. The molecule has 1 rings (SSSR count). The van der Waals surface area contributed by atoms with Gasteiger partial charge in [-0.15, -0.1) is 0 Å². The Bertz CT molecular complexity index is 317. The van der Waals surface area contributed by atoms with Crippen LogP contribution in [0.1, 0.15) is 34.1 Å². The zero-order valence-electron chi connectivity index (χ0n) is 9.43. The van der Waals surface area contributed by atoms with Gasteiger partial charge in [-0.1, -0.05) is 19.1 Å². The van der Waals surface area contributed by atoms with Gasteiger partial charge in [0.15, 0.2) is 0 Å². The molecule has 0 atom stereocenters. The smallest absolute Gasteiger partial charge is 0.478 e. The SMILES string of the molecule is O=C(O)c1ccccc1C(=O)O.[CH2-]CC.[Na+]. The van der Waals surface area contributed by atoms with Gasteiger partial charge in [0.25, 0.3) is 0 Å². The van der Waals surface area contributed by atoms with Crippen LogP contribution in [0.25, 0.3) is 0 Å². The Hall–Kier alpha value is -0.840. The monoisotopic (exact) mass is 232 g/mol. The van der Waals surface area contributed by atoms with Gasteiger partial charge in [0.05, 0.1) is 11.1 Å². The molecule has 82 valence electrons. The molecule has 16 heavy (non-hydrogen) atoms. The zero-order chi connectivity index (χ0) is 11.8. The molecule has 0 saturated heterocycles. The second-order valence-electron chi connectivity index (χ2n) is 2.66. The molecule has 0 aliphatic carbocycles. The molecule has 0 bridgehead atoms. The van der Waals surface area contributed by atoms with Crippen molar-refractivity contribution in [2.24, 2.45) is 0 Å². The number of hydrogen-bond acceptors (Lipinski definition) is 2. The fourth-order valence-corrected chi connectivity index (χ4v) is 0.856. The van der Waals surface area contributed by atoms with Crippen molar-refractivity contribution in [2.75, 3.05) is 0 Å². The molecular formula is C11H13NaO4. The van der Waals surface area contributed by atoms with Crippen LogP contribution in [-0.4, -0.2) is 22.2 Å². The van der Waals surface area contributed by atoms with Crippen LogP contribution < -0.4 is 29.6 Å². The third-order valence-corrected chi connectivity index (χ3v) is 1.39. The Kier molecular flexibility index (Phi) is 10.3. The zero-order valence-corrected chi connectivity index (χ0v) is 11.4. The predicted octanol–water partition coefficient (Wildman–Crippen LogP) is -0.683. The van der Waals surface area contributed by atoms with Gasteiger partial charge in [0, 0.05) is 0 Å². The molecule has 0 saturated carbocycles. The van der Waals surface area contributed by atoms with Crippen LogP contribution in [0.3, 0.4) is 0 Å². The van der Waals surface area contributed by atoms with Gasteiger partial charge in [0.1, 0.15) is 0 Å². The number of carboxylic acids is 2. The maximum absolute atomic E-state index is 10.5. The Morgan fingerprint density at radius 3 is 1.56 bits per heavy atom. The largest absolute Gasteiger partial charge is 1.00 e. The van der Waals surface area contributed by atoms with Crippen LogP contribution in [0.2, 0.25) is 0 Å². The minimum absolute atomic E-state index is 0. The van der Waals surface area contributed by atoms with Crippen LogP contribution in [0.5, 0.6) is 0 Å². The van der Waals surface area contributed by atoms with Crippen LogP contribution in [-0.2, 0) is 0 Å². The summed E-state index contributed by atoms with van der Waals surface area (Å²) >= 11 is 0. The standard InChI is InChI=1S/C8H6O4.C3H7.Na/c9-7(10)5-3-1-2-4-6(5)8(11)12;1-3-2;/h1-4H,(H,9,10)(H,11,12);1,3H2,2H3;/q;-1;+1. The fraction of sp³-hybridized carbons (Fsp3) is 0.182. The van der Waals surface area contributed by atoms with Crippen molar-refractivity contribution in [2.45, 2.75) is 13.3 Å². The van der Waals surface area contributed by atoms with Crippen molar-refractivity contribution in [1.82, 2.24) is 0 Å². The molecule has 0 spiro atoms. The first-order valence-corrected chi connectivity index (χ1v) is 4.39. The Balaban J connectivity index is 0. The third-order valence-electron chi connectivity index (χ3n) is 1.39. The van der Waals surface area contributed by atoms with Crippen molar-refractivity contribution >= 4 is 11.9 Å². The minimum Gasteiger partial charge on any atom is -0.478 e. The maximum Gasteiger partial charge on any atom is 1.00 e. The second-order valence-corrected chi connectivity index (χ2v) is 2.66. The van der Waals surface area contributed by atoms with Crippen molar-refractivity contribution in [3.63, 3.8) is 0 Å². The summed E-state index contributed by atoms with van der Waals surface area (Å²) in [5.41, 5.74) is -0.380. The van der Waals surface area contributed by atoms with E-state index < -0.39 is 11.9 Å². The normalized spacial score (nSPS) is 8.12. The summed E-state index contributed by atoms with van der Waals surface area (Å²) in [6.07, 6.45) is 1.00. The minimum atomic E-state index is -1.23. The topological polar surface area (TPSA) is 74.6 Å². The quantitative estimate of drug-likeness (QED) is 0.523. The number of rotatable bonds is 2. The summed E-state index contributed by atoms with van der Waals surface area (Å²) in [6, 6.07) is 5.48. The van der Waals surface area contributed by atoms with E-state index in [1.54, 1.807) is 0 Å². The van der Waals surface area contributed by atoms with Crippen molar-refractivity contribution in [1.29, 1.82) is 0 Å². The summed E-state index contributed by atoms with van der Waals surface area (Å²) in [6.45, 7) is 5.50. The summed E-state index contributed by atoms with van der Waals surface area (Å²) in [4.78, 5) is 20.9. The van der Waals surface area contributed by atoms with E-state index in [0.717, 1.165) is 6.42 Å². The molecule has 0 aromatic heterocycles. The molecule has 4 nitrogen and oxygen atoms in total. The second kappa shape index (κ2) is 9.39. The van der Waals surface area contributed by atoms with Crippen molar-refractivity contribution in [3.8, 4) is 0 Å². The van der Waals surface area contributed by atoms with E-state index in [4.69, 9.17) is 10.2 Å². The molecule has 0 aliphatic heterocycles. The Morgan fingerprint density at radius 2 is 1.38 bits per heavy atom. The predicted molar refractivity (Wildman–Crippen MR) is 56.0 cm³/mol. The van der Waals surface area contributed by atoms with E-state index in [1.807, 2.05) is 6.92 Å². The first kappa shape index (κ1) is 17.6. The van der Waals surface area contributed by atoms with Gasteiger partial charge in [-0.3, -0.25) is 0 Å². The van der Waals surface area contributed by atoms with Gasteiger partial charge in [-0.05, 0) is 12.1 Å². The van der Waals surface area contributed by atoms with E-state index in [2.05, 4.69) is 6.92 Å². The molecule has 5 heteroatoms. The molecule has 0 heterocycles. The number of carboxylic acid groups (broad SMARTS) is 2. The van der Waals surface area contributed by atoms with E-state index in [0.29, 0.717) is 0 Å². The summed E-state index contributed by atoms with van der Waals surface area (Å²) in [7, 11) is 0. The number of hydrogen-bond donors (Lipinski definition) is 2. The van der Waals surface area contributed by atoms with Crippen molar-refractivity contribution in [3.05, 3.63) is 42.3 Å². The van der Waals surface area contributed by atoms with Crippen LogP contribution in [0.4, 0.5) is 0 Å². The van der Waals surface area contributed by atoms with Crippen LogP contribution >= 0.6 is 0 Å². The molecule has 0 unspecified atom stereocenters. The summed E-state index contributed by atoms with van der Waals surface area (Å²) in [5.74, 6) is -2.46. The van der Waals surface area contributed by atoms with Crippen molar-refractivity contribution < 1.29 is 49.4 Å². The number of carbonyl (C=O) groups is 2. The number of benzene rings is 1. The Labute approximate surface area is 117 Å². The molecule has 0 aliphatic rings. The van der Waals surface area contributed by atoms with E-state index in [9.17, 15) is 9.59 Å². The maximum atomic E-state index is 10.5. The molecule has 0 radical (unpaired) electrons. The van der Waals surface area contributed by atoms with Gasteiger partial charge in [0.2, 0.25) is 0 Å². The van der Waals surface area contributed by atoms with Gasteiger partial charge in [-0.2, -0.15) is 6.42 Å².